The summed E-state index contributed by atoms with van der Waals surface area (Å²) in [6.45, 7) is 0.591. The average Bonchev–Trinajstić information content (AvgIpc) is 2.70. The highest BCUT2D eigenvalue weighted by Gasteiger charge is 2.13. The number of amides is 1. The van der Waals surface area contributed by atoms with Gasteiger partial charge in [0.15, 0.2) is 0 Å². The van der Waals surface area contributed by atoms with Crippen molar-refractivity contribution < 1.29 is 9.53 Å². The molecule has 0 unspecified atom stereocenters. The number of aromatic nitrogens is 1. The van der Waals surface area contributed by atoms with E-state index in [0.29, 0.717) is 18.2 Å². The lowest BCUT2D eigenvalue weighted by atomic mass is 9.95. The molecule has 2 aromatic rings. The molecule has 3 rings (SSSR count). The van der Waals surface area contributed by atoms with E-state index in [-0.39, 0.29) is 5.91 Å². The van der Waals surface area contributed by atoms with Crippen LogP contribution in [0.5, 0.6) is 5.75 Å². The summed E-state index contributed by atoms with van der Waals surface area (Å²) in [6.07, 6.45) is 8.74. The molecule has 1 aliphatic carbocycles. The molecule has 5 heteroatoms. The van der Waals surface area contributed by atoms with Crippen LogP contribution in [-0.4, -0.2) is 30.6 Å². The van der Waals surface area contributed by atoms with Crippen molar-refractivity contribution >= 4 is 11.7 Å². The van der Waals surface area contributed by atoms with Gasteiger partial charge in [-0.15, -0.1) is 0 Å². The number of methoxy groups -OCH3 is 1. The molecular weight excluding hydrogens is 326 g/mol. The molecule has 1 fully saturated rings. The second-order valence-corrected chi connectivity index (χ2v) is 6.77. The van der Waals surface area contributed by atoms with Crippen LogP contribution in [-0.2, 0) is 6.42 Å². The average molecular weight is 353 g/mol. The predicted molar refractivity (Wildman–Crippen MR) is 104 cm³/mol. The maximum Gasteiger partial charge on any atom is 0.252 e. The van der Waals surface area contributed by atoms with Crippen LogP contribution in [0.1, 0.15) is 48.0 Å². The highest BCUT2D eigenvalue weighted by atomic mass is 16.5. The summed E-state index contributed by atoms with van der Waals surface area (Å²) in [5.41, 5.74) is 1.75. The van der Waals surface area contributed by atoms with Crippen LogP contribution in [0.25, 0.3) is 0 Å². The number of hydrogen-bond donors (Lipinski definition) is 2. The normalized spacial score (nSPS) is 14.7. The van der Waals surface area contributed by atoms with E-state index in [4.69, 9.17) is 4.74 Å². The van der Waals surface area contributed by atoms with Crippen molar-refractivity contribution in [1.29, 1.82) is 0 Å². The lowest BCUT2D eigenvalue weighted by Gasteiger charge is -2.23. The van der Waals surface area contributed by atoms with Crippen molar-refractivity contribution in [3.63, 3.8) is 0 Å². The molecule has 0 spiro atoms. The van der Waals surface area contributed by atoms with E-state index in [1.54, 1.807) is 13.3 Å². The third-order valence-corrected chi connectivity index (χ3v) is 4.84. The van der Waals surface area contributed by atoms with Crippen LogP contribution in [0.3, 0.4) is 0 Å². The van der Waals surface area contributed by atoms with Crippen LogP contribution in [0.2, 0.25) is 0 Å². The van der Waals surface area contributed by atoms with E-state index in [9.17, 15) is 4.79 Å². The van der Waals surface area contributed by atoms with Gasteiger partial charge in [0, 0.05) is 18.8 Å². The van der Waals surface area contributed by atoms with E-state index in [1.165, 1.54) is 32.1 Å². The second-order valence-electron chi connectivity index (χ2n) is 6.77. The quantitative estimate of drug-likeness (QED) is 0.794. The van der Waals surface area contributed by atoms with E-state index >= 15 is 0 Å². The van der Waals surface area contributed by atoms with Gasteiger partial charge in [0.2, 0.25) is 0 Å². The van der Waals surface area contributed by atoms with Crippen LogP contribution in [0.4, 0.5) is 5.82 Å². The summed E-state index contributed by atoms with van der Waals surface area (Å²) < 4.78 is 5.15. The van der Waals surface area contributed by atoms with Crippen LogP contribution >= 0.6 is 0 Å². The molecule has 0 aliphatic heterocycles. The van der Waals surface area contributed by atoms with Gasteiger partial charge in [-0.2, -0.15) is 0 Å². The molecule has 0 radical (unpaired) electrons. The van der Waals surface area contributed by atoms with E-state index in [1.807, 2.05) is 36.4 Å². The second kappa shape index (κ2) is 9.22. The largest absolute Gasteiger partial charge is 0.497 e. The summed E-state index contributed by atoms with van der Waals surface area (Å²) >= 11 is 0. The fourth-order valence-electron chi connectivity index (χ4n) is 3.28. The first-order chi connectivity index (χ1) is 12.7. The van der Waals surface area contributed by atoms with Crippen LogP contribution < -0.4 is 15.4 Å². The Morgan fingerprint density at radius 3 is 2.54 bits per heavy atom. The fraction of sp³-hybridized carbons (Fsp3) is 0.429. The summed E-state index contributed by atoms with van der Waals surface area (Å²) in [6, 6.07) is 12.1. The molecule has 1 amide bonds. The van der Waals surface area contributed by atoms with Crippen LogP contribution in [0, 0.1) is 0 Å². The summed E-state index contributed by atoms with van der Waals surface area (Å²) in [7, 11) is 1.65. The van der Waals surface area contributed by atoms with Gasteiger partial charge >= 0.3 is 0 Å². The fourth-order valence-corrected chi connectivity index (χ4v) is 3.28. The van der Waals surface area contributed by atoms with Gasteiger partial charge < -0.3 is 15.4 Å². The predicted octanol–water partition coefficient (Wildman–Crippen LogP) is 3.81. The smallest absolute Gasteiger partial charge is 0.252 e. The number of carbonyl (C=O) groups is 1. The molecule has 0 bridgehead atoms. The Morgan fingerprint density at radius 2 is 1.88 bits per heavy atom. The Bertz CT molecular complexity index is 692. The zero-order chi connectivity index (χ0) is 18.2. The number of nitrogens with zero attached hydrogens (tertiary/aromatic N) is 1. The van der Waals surface area contributed by atoms with Gasteiger partial charge in [-0.05, 0) is 49.1 Å². The molecule has 1 heterocycles. The van der Waals surface area contributed by atoms with Gasteiger partial charge in [-0.3, -0.25) is 4.79 Å². The number of nitrogens with one attached hydrogen (secondary N) is 2. The summed E-state index contributed by atoms with van der Waals surface area (Å²) in [4.78, 5) is 16.6. The summed E-state index contributed by atoms with van der Waals surface area (Å²) in [5, 5.41) is 6.41. The topological polar surface area (TPSA) is 63.2 Å². The van der Waals surface area contributed by atoms with E-state index < -0.39 is 0 Å². The van der Waals surface area contributed by atoms with Gasteiger partial charge in [-0.1, -0.05) is 31.4 Å². The molecular formula is C21H27N3O2. The Morgan fingerprint density at radius 1 is 1.12 bits per heavy atom. The maximum absolute atomic E-state index is 12.2. The van der Waals surface area contributed by atoms with Gasteiger partial charge in [0.25, 0.3) is 5.91 Å². The monoisotopic (exact) mass is 353 g/mol. The first-order valence-electron chi connectivity index (χ1n) is 9.38. The van der Waals surface area contributed by atoms with Crippen molar-refractivity contribution in [2.75, 3.05) is 19.0 Å². The number of ether oxygens (including phenoxy) is 1. The Kier molecular flexibility index (Phi) is 6.47. The third-order valence-electron chi connectivity index (χ3n) is 4.84. The SMILES string of the molecule is COc1ccc(CCNC(=O)c2ccc(NC3CCCCC3)nc2)cc1. The first kappa shape index (κ1) is 18.2. The lowest BCUT2D eigenvalue weighted by molar-refractivity contribution is 0.0954. The molecule has 0 saturated heterocycles. The molecule has 1 saturated carbocycles. The first-order valence-corrected chi connectivity index (χ1v) is 9.38. The highest BCUT2D eigenvalue weighted by Crippen LogP contribution is 2.20. The molecule has 0 atom stereocenters. The minimum absolute atomic E-state index is 0.0878. The maximum atomic E-state index is 12.2. The van der Waals surface area contributed by atoms with E-state index in [0.717, 1.165) is 23.6 Å². The minimum Gasteiger partial charge on any atom is -0.497 e. The summed E-state index contributed by atoms with van der Waals surface area (Å²) in [5.74, 6) is 1.60. The number of carbonyl (C=O) groups excluding carboxylic acids is 1. The van der Waals surface area contributed by atoms with Crippen molar-refractivity contribution in [3.05, 3.63) is 53.7 Å². The molecule has 1 aromatic heterocycles. The number of pyridine rings is 1. The van der Waals surface area contributed by atoms with Crippen molar-refractivity contribution in [2.24, 2.45) is 0 Å². The zero-order valence-corrected chi connectivity index (χ0v) is 15.3. The number of hydrogen-bond acceptors (Lipinski definition) is 4. The van der Waals surface area contributed by atoms with Gasteiger partial charge in [0.05, 0.1) is 12.7 Å². The Labute approximate surface area is 155 Å². The lowest BCUT2D eigenvalue weighted by Crippen LogP contribution is -2.26. The molecule has 1 aromatic carbocycles. The molecule has 5 nitrogen and oxygen atoms in total. The molecule has 2 N–H and O–H groups in total. The Hall–Kier alpha value is -2.56. The third kappa shape index (κ3) is 5.22. The van der Waals surface area contributed by atoms with Gasteiger partial charge in [0.1, 0.15) is 11.6 Å². The molecule has 1 aliphatic rings. The minimum atomic E-state index is -0.0878. The zero-order valence-electron chi connectivity index (χ0n) is 15.3. The molecule has 26 heavy (non-hydrogen) atoms. The van der Waals surface area contributed by atoms with Crippen molar-refractivity contribution in [2.45, 2.75) is 44.6 Å². The van der Waals surface area contributed by atoms with Crippen LogP contribution in [0.15, 0.2) is 42.6 Å². The number of anilines is 1. The van der Waals surface area contributed by atoms with E-state index in [2.05, 4.69) is 15.6 Å². The molecule has 138 valence electrons. The highest BCUT2D eigenvalue weighted by molar-refractivity contribution is 5.94. The number of rotatable bonds is 7. The Balaban J connectivity index is 1.45. The standard InChI is InChI=1S/C21H27N3O2/c1-26-19-10-7-16(8-11-19)13-14-22-21(25)17-9-12-20(23-15-17)24-18-5-3-2-4-6-18/h7-12,15,18H,2-6,13-14H2,1H3,(H,22,25)(H,23,24). The number of benzene rings is 1. The van der Waals surface area contributed by atoms with Crippen molar-refractivity contribution in [1.82, 2.24) is 10.3 Å². The van der Waals surface area contributed by atoms with Gasteiger partial charge in [-0.25, -0.2) is 4.98 Å². The van der Waals surface area contributed by atoms with Crippen molar-refractivity contribution in [3.8, 4) is 5.75 Å².